The molecule has 3 aromatic rings. The van der Waals surface area contributed by atoms with E-state index in [0.29, 0.717) is 23.8 Å². The van der Waals surface area contributed by atoms with Gasteiger partial charge < -0.3 is 26.1 Å². The zero-order chi connectivity index (χ0) is 25.9. The number of aryl methyl sites for hydroxylation is 2. The fourth-order valence-electron chi connectivity index (χ4n) is 4.28. The molecule has 8 nitrogen and oxygen atoms in total. The third-order valence-corrected chi connectivity index (χ3v) is 6.10. The van der Waals surface area contributed by atoms with Gasteiger partial charge in [-0.15, -0.1) is 0 Å². The summed E-state index contributed by atoms with van der Waals surface area (Å²) >= 11 is 0. The number of nitrogen functional groups attached to an aromatic ring is 1. The van der Waals surface area contributed by atoms with Crippen LogP contribution in [-0.4, -0.2) is 34.1 Å². The van der Waals surface area contributed by atoms with Gasteiger partial charge in [-0.3, -0.25) is 4.79 Å². The number of nitrogens with one attached hydrogen (secondary N) is 1. The highest BCUT2D eigenvalue weighted by molar-refractivity contribution is 6.06. The Morgan fingerprint density at radius 1 is 1.19 bits per heavy atom. The quantitative estimate of drug-likeness (QED) is 0.170. The number of methoxy groups -OCH3 is 1. The molecule has 36 heavy (non-hydrogen) atoms. The van der Waals surface area contributed by atoms with E-state index in [-0.39, 0.29) is 12.3 Å². The average molecular weight is 491 g/mol. The summed E-state index contributed by atoms with van der Waals surface area (Å²) in [6, 6.07) is 8.06. The molecule has 192 valence electrons. The lowest BCUT2D eigenvalue weighted by Gasteiger charge is -2.11. The van der Waals surface area contributed by atoms with E-state index >= 15 is 0 Å². The average Bonchev–Trinajstić information content (AvgIpc) is 3.24. The second-order valence-electron chi connectivity index (χ2n) is 8.74. The molecular weight excluding hydrogens is 452 g/mol. The number of aromatic nitrogens is 3. The first-order chi connectivity index (χ1) is 17.5. The molecule has 2 heterocycles. The van der Waals surface area contributed by atoms with Crippen LogP contribution < -0.4 is 16.8 Å². The van der Waals surface area contributed by atoms with Crippen LogP contribution in [0.2, 0.25) is 0 Å². The molecule has 0 bridgehead atoms. The summed E-state index contributed by atoms with van der Waals surface area (Å²) in [5.41, 5.74) is 15.3. The zero-order valence-electron chi connectivity index (χ0n) is 21.4. The van der Waals surface area contributed by atoms with Crippen molar-refractivity contribution >= 4 is 33.7 Å². The van der Waals surface area contributed by atoms with Crippen molar-refractivity contribution in [2.45, 2.75) is 58.4 Å². The summed E-state index contributed by atoms with van der Waals surface area (Å²) in [4.78, 5) is 21.7. The number of amides is 1. The van der Waals surface area contributed by atoms with Crippen LogP contribution in [-0.2, 0) is 22.5 Å². The molecule has 0 saturated heterocycles. The van der Waals surface area contributed by atoms with Crippen LogP contribution in [0.1, 0.15) is 51.3 Å². The predicted molar refractivity (Wildman–Crippen MR) is 147 cm³/mol. The van der Waals surface area contributed by atoms with E-state index in [1.165, 1.54) is 7.11 Å². The Labute approximate surface area is 213 Å². The molecule has 1 aromatic carbocycles. The molecule has 0 spiro atoms. The number of nitrogens with zero attached hydrogens (tertiary/aromatic N) is 3. The molecule has 3 rings (SSSR count). The maximum absolute atomic E-state index is 12.3. The Morgan fingerprint density at radius 3 is 2.75 bits per heavy atom. The summed E-state index contributed by atoms with van der Waals surface area (Å²) < 4.78 is 7.54. The van der Waals surface area contributed by atoms with E-state index in [1.807, 2.05) is 18.2 Å². The minimum atomic E-state index is -0.0749. The fourth-order valence-corrected chi connectivity index (χ4v) is 4.28. The second kappa shape index (κ2) is 13.3. The number of benzene rings is 1. The van der Waals surface area contributed by atoms with Gasteiger partial charge in [0.25, 0.3) is 0 Å². The molecular formula is C28H38N6O2. The number of fused-ring (bicyclic) bond motifs is 3. The van der Waals surface area contributed by atoms with Crippen molar-refractivity contribution in [3.8, 4) is 0 Å². The highest BCUT2D eigenvalue weighted by Gasteiger charge is 2.17. The molecule has 0 aliphatic heterocycles. The van der Waals surface area contributed by atoms with Crippen molar-refractivity contribution in [1.29, 1.82) is 0 Å². The normalized spacial score (nSPS) is 12.3. The fraction of sp³-hybridized carbons (Fsp3) is 0.393. The van der Waals surface area contributed by atoms with Crippen LogP contribution in [0, 0.1) is 0 Å². The van der Waals surface area contributed by atoms with Crippen molar-refractivity contribution in [3.05, 3.63) is 66.4 Å². The molecule has 0 radical (unpaired) electrons. The number of hydrogen-bond acceptors (Lipinski definition) is 6. The molecule has 0 saturated carbocycles. The summed E-state index contributed by atoms with van der Waals surface area (Å²) in [5.74, 6) is 1.91. The molecule has 1 amide bonds. The van der Waals surface area contributed by atoms with E-state index < -0.39 is 0 Å². The van der Waals surface area contributed by atoms with E-state index in [2.05, 4.69) is 34.4 Å². The number of carbonyl (C=O) groups is 1. The van der Waals surface area contributed by atoms with Gasteiger partial charge in [0.2, 0.25) is 5.91 Å². The Bertz CT molecular complexity index is 1260. The SMILES string of the molecule is C=C/C=C(N)\C(=C/CC(=O)NCCCCn1c(CCCCC)nc2c(N)nc3ccccc3c21)OC. The Morgan fingerprint density at radius 2 is 2.00 bits per heavy atom. The number of ether oxygens (including phenoxy) is 1. The minimum absolute atomic E-state index is 0.0749. The van der Waals surface area contributed by atoms with Gasteiger partial charge in [-0.2, -0.15) is 0 Å². The summed E-state index contributed by atoms with van der Waals surface area (Å²) in [5, 5.41) is 4.04. The van der Waals surface area contributed by atoms with Crippen molar-refractivity contribution in [2.24, 2.45) is 5.73 Å². The van der Waals surface area contributed by atoms with Gasteiger partial charge in [-0.1, -0.05) is 50.6 Å². The largest absolute Gasteiger partial charge is 0.495 e. The molecule has 2 aromatic heterocycles. The van der Waals surface area contributed by atoms with Gasteiger partial charge in [0.05, 0.1) is 23.8 Å². The predicted octanol–water partition coefficient (Wildman–Crippen LogP) is 4.74. The molecule has 5 N–H and O–H groups in total. The summed E-state index contributed by atoms with van der Waals surface area (Å²) in [7, 11) is 1.52. The topological polar surface area (TPSA) is 121 Å². The van der Waals surface area contributed by atoms with Gasteiger partial charge in [0, 0.05) is 31.3 Å². The van der Waals surface area contributed by atoms with Crippen LogP contribution in [0.4, 0.5) is 5.82 Å². The highest BCUT2D eigenvalue weighted by Crippen LogP contribution is 2.29. The number of para-hydroxylation sites is 1. The van der Waals surface area contributed by atoms with Gasteiger partial charge in [0.15, 0.2) is 5.82 Å². The number of carbonyl (C=O) groups excluding carboxylic acids is 1. The zero-order valence-corrected chi connectivity index (χ0v) is 21.4. The Kier molecular flexibility index (Phi) is 9.92. The number of hydrogen-bond donors (Lipinski definition) is 3. The maximum atomic E-state index is 12.3. The van der Waals surface area contributed by atoms with Crippen LogP contribution in [0.25, 0.3) is 21.9 Å². The molecule has 8 heteroatoms. The highest BCUT2D eigenvalue weighted by atomic mass is 16.5. The number of allylic oxidation sites excluding steroid dienone is 2. The van der Waals surface area contributed by atoms with E-state index in [0.717, 1.165) is 72.8 Å². The maximum Gasteiger partial charge on any atom is 0.223 e. The summed E-state index contributed by atoms with van der Waals surface area (Å²) in [6.07, 6.45) is 11.1. The monoisotopic (exact) mass is 490 g/mol. The first-order valence-electron chi connectivity index (χ1n) is 12.6. The van der Waals surface area contributed by atoms with Gasteiger partial charge in [-0.25, -0.2) is 9.97 Å². The third kappa shape index (κ3) is 6.65. The number of pyridine rings is 1. The first kappa shape index (κ1) is 26.8. The number of rotatable bonds is 14. The molecule has 0 fully saturated rings. The van der Waals surface area contributed by atoms with Crippen molar-refractivity contribution < 1.29 is 9.53 Å². The third-order valence-electron chi connectivity index (χ3n) is 6.10. The lowest BCUT2D eigenvalue weighted by molar-refractivity contribution is -0.120. The van der Waals surface area contributed by atoms with E-state index in [1.54, 1.807) is 18.2 Å². The standard InChI is InChI=1S/C28H38N6O2/c1-4-6-7-15-24-33-26-27(20-13-8-9-14-22(20)32-28(26)30)34(24)19-11-10-18-31-25(35)17-16-23(36-3)21(29)12-5-2/h5,8-9,12-14,16H,2,4,6-7,10-11,15,17-19,29H2,1,3H3,(H2,30,32)(H,31,35)/b21-12+,23-16+. The van der Waals surface area contributed by atoms with Crippen LogP contribution in [0.15, 0.2) is 60.5 Å². The number of nitrogens with two attached hydrogens (primary N) is 2. The second-order valence-corrected chi connectivity index (χ2v) is 8.74. The minimum Gasteiger partial charge on any atom is -0.495 e. The molecule has 0 atom stereocenters. The molecule has 0 aliphatic carbocycles. The van der Waals surface area contributed by atoms with Crippen LogP contribution >= 0.6 is 0 Å². The first-order valence-corrected chi connectivity index (χ1v) is 12.6. The molecule has 0 aliphatic rings. The van der Waals surface area contributed by atoms with E-state index in [9.17, 15) is 4.79 Å². The van der Waals surface area contributed by atoms with Gasteiger partial charge in [0.1, 0.15) is 17.1 Å². The Balaban J connectivity index is 1.66. The number of unbranched alkanes of at least 4 members (excludes halogenated alkanes) is 3. The van der Waals surface area contributed by atoms with E-state index in [4.69, 9.17) is 21.2 Å². The Hall–Kier alpha value is -3.81. The van der Waals surface area contributed by atoms with Crippen molar-refractivity contribution in [3.63, 3.8) is 0 Å². The number of anilines is 1. The smallest absolute Gasteiger partial charge is 0.223 e. The lowest BCUT2D eigenvalue weighted by Crippen LogP contribution is -2.24. The lowest BCUT2D eigenvalue weighted by atomic mass is 10.1. The number of imidazole rings is 1. The summed E-state index contributed by atoms with van der Waals surface area (Å²) in [6.45, 7) is 7.21. The van der Waals surface area contributed by atoms with Crippen LogP contribution in [0.3, 0.4) is 0 Å². The molecule has 0 unspecified atom stereocenters. The van der Waals surface area contributed by atoms with Gasteiger partial charge >= 0.3 is 0 Å². The van der Waals surface area contributed by atoms with Crippen molar-refractivity contribution in [2.75, 3.05) is 19.4 Å². The van der Waals surface area contributed by atoms with Crippen molar-refractivity contribution in [1.82, 2.24) is 19.9 Å². The van der Waals surface area contributed by atoms with Crippen LogP contribution in [0.5, 0.6) is 0 Å². The van der Waals surface area contributed by atoms with Gasteiger partial charge in [-0.05, 0) is 37.5 Å².